The zero-order valence-electron chi connectivity index (χ0n) is 7.10. The summed E-state index contributed by atoms with van der Waals surface area (Å²) in [5.74, 6) is 0.427. The maximum Gasteiger partial charge on any atom is 0.0650 e. The summed E-state index contributed by atoms with van der Waals surface area (Å²) >= 11 is 5.64. The molecule has 0 atom stereocenters. The molecule has 0 aliphatic heterocycles. The molecule has 1 rings (SSSR count). The smallest absolute Gasteiger partial charge is 0.0650 e. The van der Waals surface area contributed by atoms with Crippen LogP contribution in [0.2, 0.25) is 0 Å². The highest BCUT2D eigenvalue weighted by Crippen LogP contribution is 2.18. The van der Waals surface area contributed by atoms with Gasteiger partial charge in [-0.2, -0.15) is 0 Å². The van der Waals surface area contributed by atoms with Crippen molar-refractivity contribution in [2.45, 2.75) is 19.7 Å². The molecule has 1 aromatic heterocycles. The Morgan fingerprint density at radius 3 is 2.58 bits per heavy atom. The van der Waals surface area contributed by atoms with Gasteiger partial charge in [0.05, 0.1) is 11.6 Å². The Labute approximate surface area is 83.5 Å². The Morgan fingerprint density at radius 2 is 2.08 bits per heavy atom. The number of hydrogen-bond acceptors (Lipinski definition) is 2. The van der Waals surface area contributed by atoms with E-state index in [1.54, 1.807) is 6.20 Å². The summed E-state index contributed by atoms with van der Waals surface area (Å²) in [5.41, 5.74) is 9.44. The molecule has 0 saturated heterocycles. The van der Waals surface area contributed by atoms with Gasteiger partial charge in [-0.25, -0.2) is 0 Å². The minimum atomic E-state index is 0. The average molecular weight is 207 g/mol. The molecule has 0 spiro atoms. The van der Waals surface area contributed by atoms with Crippen LogP contribution in [0.25, 0.3) is 0 Å². The van der Waals surface area contributed by atoms with Crippen LogP contribution in [0.4, 0.5) is 5.69 Å². The normalized spacial score (nSPS) is 9.25. The first-order chi connectivity index (χ1) is 5.16. The highest BCUT2D eigenvalue weighted by atomic mass is 35.5. The third-order valence-electron chi connectivity index (χ3n) is 1.80. The fraction of sp³-hybridized carbons (Fsp3) is 0.375. The van der Waals surface area contributed by atoms with Gasteiger partial charge in [0, 0.05) is 11.9 Å². The number of halogens is 2. The van der Waals surface area contributed by atoms with Crippen LogP contribution in [-0.4, -0.2) is 4.98 Å². The maximum absolute atomic E-state index is 5.76. The molecule has 0 aliphatic carbocycles. The number of hydrogen-bond donors (Lipinski definition) is 1. The fourth-order valence-corrected chi connectivity index (χ4v) is 1.20. The minimum absolute atomic E-state index is 0. The Hall–Kier alpha value is -0.470. The molecule has 0 bridgehead atoms. The first kappa shape index (κ1) is 11.5. The van der Waals surface area contributed by atoms with Crippen molar-refractivity contribution in [2.24, 2.45) is 0 Å². The number of nitrogens with zero attached hydrogens (tertiary/aromatic N) is 1. The lowest BCUT2D eigenvalue weighted by Crippen LogP contribution is -1.99. The number of nitrogens with two attached hydrogens (primary N) is 1. The third kappa shape index (κ3) is 2.02. The number of aromatic nitrogens is 1. The van der Waals surface area contributed by atoms with Crippen molar-refractivity contribution in [1.29, 1.82) is 0 Å². The van der Waals surface area contributed by atoms with Gasteiger partial charge in [-0.3, -0.25) is 4.98 Å². The number of aryl methyl sites for hydroxylation is 1. The third-order valence-corrected chi connectivity index (χ3v) is 2.06. The van der Waals surface area contributed by atoms with Crippen LogP contribution in [0.5, 0.6) is 0 Å². The van der Waals surface area contributed by atoms with E-state index in [4.69, 9.17) is 17.3 Å². The lowest BCUT2D eigenvalue weighted by molar-refractivity contribution is 1.11. The Kier molecular flexibility index (Phi) is 4.35. The Morgan fingerprint density at radius 1 is 1.50 bits per heavy atom. The fourth-order valence-electron chi connectivity index (χ4n) is 0.927. The van der Waals surface area contributed by atoms with E-state index in [-0.39, 0.29) is 12.4 Å². The highest BCUT2D eigenvalue weighted by Gasteiger charge is 2.03. The molecule has 2 N–H and O–H groups in total. The summed E-state index contributed by atoms with van der Waals surface area (Å²) in [7, 11) is 0. The summed E-state index contributed by atoms with van der Waals surface area (Å²) in [6.07, 6.45) is 1.75. The number of rotatable bonds is 1. The van der Waals surface area contributed by atoms with E-state index < -0.39 is 0 Å². The van der Waals surface area contributed by atoms with E-state index in [9.17, 15) is 0 Å². The van der Waals surface area contributed by atoms with Gasteiger partial charge in [-0.1, -0.05) is 0 Å². The minimum Gasteiger partial charge on any atom is -0.398 e. The predicted octanol–water partition coefficient (Wildman–Crippen LogP) is 2.44. The lowest BCUT2D eigenvalue weighted by Gasteiger charge is -2.06. The quantitative estimate of drug-likeness (QED) is 0.718. The van der Waals surface area contributed by atoms with Crippen LogP contribution in [0.1, 0.15) is 16.8 Å². The summed E-state index contributed by atoms with van der Waals surface area (Å²) in [4.78, 5) is 4.15. The molecule has 0 saturated carbocycles. The van der Waals surface area contributed by atoms with Crippen LogP contribution in [0, 0.1) is 13.8 Å². The molecule has 12 heavy (non-hydrogen) atoms. The first-order valence-corrected chi connectivity index (χ1v) is 3.96. The summed E-state index contributed by atoms with van der Waals surface area (Å²) in [5, 5.41) is 0. The largest absolute Gasteiger partial charge is 0.398 e. The summed E-state index contributed by atoms with van der Waals surface area (Å²) < 4.78 is 0. The molecule has 0 aliphatic rings. The topological polar surface area (TPSA) is 38.9 Å². The van der Waals surface area contributed by atoms with E-state index in [0.29, 0.717) is 5.88 Å². The second kappa shape index (κ2) is 4.53. The van der Waals surface area contributed by atoms with Crippen LogP contribution >= 0.6 is 24.0 Å². The zero-order valence-corrected chi connectivity index (χ0v) is 8.67. The lowest BCUT2D eigenvalue weighted by atomic mass is 10.1. The van der Waals surface area contributed by atoms with E-state index in [2.05, 4.69) is 4.98 Å². The van der Waals surface area contributed by atoms with Crippen molar-refractivity contribution < 1.29 is 0 Å². The van der Waals surface area contributed by atoms with Gasteiger partial charge in [0.2, 0.25) is 0 Å². The van der Waals surface area contributed by atoms with E-state index in [1.807, 2.05) is 13.8 Å². The molecular weight excluding hydrogens is 195 g/mol. The van der Waals surface area contributed by atoms with Crippen molar-refractivity contribution in [3.05, 3.63) is 23.0 Å². The van der Waals surface area contributed by atoms with Gasteiger partial charge in [0.25, 0.3) is 0 Å². The van der Waals surface area contributed by atoms with E-state index in [0.717, 1.165) is 22.5 Å². The molecule has 68 valence electrons. The Bertz CT molecular complexity index is 274. The monoisotopic (exact) mass is 206 g/mol. The van der Waals surface area contributed by atoms with Gasteiger partial charge < -0.3 is 5.73 Å². The predicted molar refractivity (Wildman–Crippen MR) is 54.9 cm³/mol. The second-order valence-corrected chi connectivity index (χ2v) is 2.83. The van der Waals surface area contributed by atoms with E-state index >= 15 is 0 Å². The SMILES string of the molecule is Cc1cnc(CCl)c(C)c1N.Cl. The molecule has 0 unspecified atom stereocenters. The van der Waals surface area contributed by atoms with Crippen LogP contribution in [0.15, 0.2) is 6.20 Å². The van der Waals surface area contributed by atoms with Gasteiger partial charge in [-0.05, 0) is 25.0 Å². The molecule has 0 radical (unpaired) electrons. The van der Waals surface area contributed by atoms with Crippen molar-refractivity contribution >= 4 is 29.7 Å². The van der Waals surface area contributed by atoms with E-state index in [1.165, 1.54) is 0 Å². The molecular formula is C8H12Cl2N2. The standard InChI is InChI=1S/C8H11ClN2.ClH/c1-5-4-11-7(3-9)6(2)8(5)10;/h4H,3H2,1-2H3,(H2,10,11);1H. The molecule has 0 aromatic carbocycles. The van der Waals surface area contributed by atoms with Crippen LogP contribution in [-0.2, 0) is 5.88 Å². The summed E-state index contributed by atoms with van der Waals surface area (Å²) in [6, 6.07) is 0. The molecule has 0 fully saturated rings. The van der Waals surface area contributed by atoms with Gasteiger partial charge in [-0.15, -0.1) is 24.0 Å². The van der Waals surface area contributed by atoms with Crippen LogP contribution < -0.4 is 5.73 Å². The molecule has 1 heterocycles. The second-order valence-electron chi connectivity index (χ2n) is 2.56. The van der Waals surface area contributed by atoms with Crippen molar-refractivity contribution in [3.8, 4) is 0 Å². The van der Waals surface area contributed by atoms with Gasteiger partial charge in [0.15, 0.2) is 0 Å². The zero-order chi connectivity index (χ0) is 8.43. The summed E-state index contributed by atoms with van der Waals surface area (Å²) in [6.45, 7) is 3.88. The molecule has 2 nitrogen and oxygen atoms in total. The average Bonchev–Trinajstić information content (AvgIpc) is 2.01. The Balaban J connectivity index is 0.00000121. The number of pyridine rings is 1. The molecule has 1 aromatic rings. The van der Waals surface area contributed by atoms with Crippen molar-refractivity contribution in [1.82, 2.24) is 4.98 Å². The number of nitrogen functional groups attached to an aromatic ring is 1. The molecule has 0 amide bonds. The van der Waals surface area contributed by atoms with Gasteiger partial charge >= 0.3 is 0 Å². The van der Waals surface area contributed by atoms with Crippen molar-refractivity contribution in [2.75, 3.05) is 5.73 Å². The highest BCUT2D eigenvalue weighted by molar-refractivity contribution is 6.17. The molecule has 4 heteroatoms. The maximum atomic E-state index is 5.76. The first-order valence-electron chi connectivity index (χ1n) is 3.43. The number of alkyl halides is 1. The van der Waals surface area contributed by atoms with Crippen LogP contribution in [0.3, 0.4) is 0 Å². The van der Waals surface area contributed by atoms with Crippen molar-refractivity contribution in [3.63, 3.8) is 0 Å². The van der Waals surface area contributed by atoms with Gasteiger partial charge in [0.1, 0.15) is 0 Å². The number of anilines is 1.